The Balaban J connectivity index is 1.41. The van der Waals surface area contributed by atoms with Gasteiger partial charge >= 0.3 is 0 Å². The van der Waals surface area contributed by atoms with Gasteiger partial charge in [0, 0.05) is 10.6 Å². The molecule has 41 heavy (non-hydrogen) atoms. The molecule has 11 heteroatoms. The van der Waals surface area contributed by atoms with Gasteiger partial charge in [0.1, 0.15) is 6.61 Å². The molecule has 4 aromatic carbocycles. The maximum absolute atomic E-state index is 12.7. The molecule has 1 N–H and O–H groups in total. The summed E-state index contributed by atoms with van der Waals surface area (Å²) in [5.74, 6) is 0.567. The molecule has 8 nitrogen and oxygen atoms in total. The fourth-order valence-electron chi connectivity index (χ4n) is 3.85. The molecule has 0 radical (unpaired) electrons. The third-order valence-electron chi connectivity index (χ3n) is 5.91. The van der Waals surface area contributed by atoms with Crippen LogP contribution in [-0.4, -0.2) is 33.9 Å². The number of hydrazone groups is 1. The number of sulfonamides is 1. The number of amides is 1. The van der Waals surface area contributed by atoms with E-state index in [2.05, 4.69) is 26.5 Å². The Bertz CT molecular complexity index is 1630. The van der Waals surface area contributed by atoms with Crippen molar-refractivity contribution in [3.63, 3.8) is 0 Å². The van der Waals surface area contributed by atoms with Crippen LogP contribution in [0.1, 0.15) is 27.0 Å². The molecule has 4 aromatic rings. The molecule has 0 atom stereocenters. The second kappa shape index (κ2) is 13.7. The molecule has 1 amide bonds. The first kappa shape index (κ1) is 30.1. The molecule has 0 unspecified atom stereocenters. The van der Waals surface area contributed by atoms with Gasteiger partial charge in [0.05, 0.1) is 36.3 Å². The van der Waals surface area contributed by atoms with Gasteiger partial charge in [-0.3, -0.25) is 9.10 Å². The Labute approximate surface area is 252 Å². The van der Waals surface area contributed by atoms with E-state index in [9.17, 15) is 13.2 Å². The van der Waals surface area contributed by atoms with Crippen LogP contribution in [0.2, 0.25) is 5.02 Å². The van der Waals surface area contributed by atoms with Gasteiger partial charge in [-0.1, -0.05) is 54.1 Å². The molecular weight excluding hydrogens is 630 g/mol. The summed E-state index contributed by atoms with van der Waals surface area (Å²) < 4.78 is 38.3. The van der Waals surface area contributed by atoms with E-state index in [1.54, 1.807) is 48.5 Å². The fraction of sp³-hybridized carbons (Fsp3) is 0.133. The number of anilines is 1. The third kappa shape index (κ3) is 8.32. The largest absolute Gasteiger partial charge is 0.493 e. The van der Waals surface area contributed by atoms with E-state index in [1.807, 2.05) is 42.5 Å². The highest BCUT2D eigenvalue weighted by molar-refractivity contribution is 9.10. The van der Waals surface area contributed by atoms with Crippen LogP contribution in [0.15, 0.2) is 101 Å². The molecule has 0 aliphatic heterocycles. The van der Waals surface area contributed by atoms with Gasteiger partial charge in [0.2, 0.25) is 10.0 Å². The Hall–Kier alpha value is -3.86. The van der Waals surface area contributed by atoms with E-state index >= 15 is 0 Å². The lowest BCUT2D eigenvalue weighted by Crippen LogP contribution is -2.29. The van der Waals surface area contributed by atoms with Crippen LogP contribution in [0, 0.1) is 0 Å². The molecule has 0 spiro atoms. The number of nitrogens with one attached hydrogen (secondary N) is 1. The van der Waals surface area contributed by atoms with Crippen molar-refractivity contribution in [3.05, 3.63) is 123 Å². The average Bonchev–Trinajstić information content (AvgIpc) is 2.96. The highest BCUT2D eigenvalue weighted by Crippen LogP contribution is 2.37. The number of hydrogen-bond acceptors (Lipinski definition) is 6. The Morgan fingerprint density at radius 2 is 1.68 bits per heavy atom. The summed E-state index contributed by atoms with van der Waals surface area (Å²) in [5, 5.41) is 4.71. The van der Waals surface area contributed by atoms with Crippen LogP contribution in [0.25, 0.3) is 0 Å². The van der Waals surface area contributed by atoms with Crippen molar-refractivity contribution in [2.24, 2.45) is 5.10 Å². The second-order valence-electron chi connectivity index (χ2n) is 8.95. The molecule has 0 saturated heterocycles. The SMILES string of the molecule is COc1cc(/C=N\NC(=O)c2ccc(N(Cc3ccccc3)S(C)(=O)=O)cc2)cc(Br)c1OCc1ccc(Cl)cc1. The zero-order chi connectivity index (χ0) is 29.4. The van der Waals surface area contributed by atoms with E-state index in [0.29, 0.717) is 44.4 Å². The van der Waals surface area contributed by atoms with Crippen molar-refractivity contribution in [2.75, 3.05) is 17.7 Å². The quantitative estimate of drug-likeness (QED) is 0.149. The number of nitrogens with zero attached hydrogens (tertiary/aromatic N) is 2. The summed E-state index contributed by atoms with van der Waals surface area (Å²) in [4.78, 5) is 12.7. The van der Waals surface area contributed by atoms with Crippen molar-refractivity contribution in [3.8, 4) is 11.5 Å². The van der Waals surface area contributed by atoms with E-state index < -0.39 is 15.9 Å². The minimum Gasteiger partial charge on any atom is -0.493 e. The molecular formula is C30H27BrClN3O5S. The number of hydrogen-bond donors (Lipinski definition) is 1. The van der Waals surface area contributed by atoms with Gasteiger partial charge in [-0.05, 0) is 81.2 Å². The zero-order valence-electron chi connectivity index (χ0n) is 22.3. The number of halogens is 2. The van der Waals surface area contributed by atoms with Gasteiger partial charge in [-0.2, -0.15) is 5.10 Å². The van der Waals surface area contributed by atoms with E-state index in [1.165, 1.54) is 17.6 Å². The summed E-state index contributed by atoms with van der Waals surface area (Å²) in [6, 6.07) is 26.4. The minimum absolute atomic E-state index is 0.180. The molecule has 0 fully saturated rings. The van der Waals surface area contributed by atoms with Crippen molar-refractivity contribution in [1.29, 1.82) is 0 Å². The normalized spacial score (nSPS) is 11.3. The van der Waals surface area contributed by atoms with Crippen LogP contribution in [-0.2, 0) is 23.2 Å². The summed E-state index contributed by atoms with van der Waals surface area (Å²) in [6.07, 6.45) is 2.63. The van der Waals surface area contributed by atoms with Gasteiger partial charge in [0.15, 0.2) is 11.5 Å². The highest BCUT2D eigenvalue weighted by atomic mass is 79.9. The number of methoxy groups -OCH3 is 1. The third-order valence-corrected chi connectivity index (χ3v) is 7.90. The standard InChI is InChI=1S/C30H27BrClN3O5S/c1-39-28-17-23(16-27(31)29(28)40-20-22-8-12-25(32)13-9-22)18-33-34-30(36)24-10-14-26(15-11-24)35(41(2,37)38)19-21-6-4-3-5-7-21/h3-18H,19-20H2,1-2H3,(H,34,36)/b33-18-. The van der Waals surface area contributed by atoms with Crippen LogP contribution in [0.5, 0.6) is 11.5 Å². The molecule has 0 aliphatic rings. The number of rotatable bonds is 11. The topological polar surface area (TPSA) is 97.3 Å². The van der Waals surface area contributed by atoms with E-state index in [4.69, 9.17) is 21.1 Å². The van der Waals surface area contributed by atoms with Crippen molar-refractivity contribution >= 4 is 55.4 Å². The Morgan fingerprint density at radius 1 is 1.00 bits per heavy atom. The molecule has 0 aliphatic carbocycles. The highest BCUT2D eigenvalue weighted by Gasteiger charge is 2.18. The van der Waals surface area contributed by atoms with Gasteiger partial charge in [-0.15, -0.1) is 0 Å². The Morgan fingerprint density at radius 3 is 2.32 bits per heavy atom. The first-order chi connectivity index (χ1) is 19.6. The van der Waals surface area contributed by atoms with Crippen molar-refractivity contribution < 1.29 is 22.7 Å². The summed E-state index contributed by atoms with van der Waals surface area (Å²) in [5.41, 5.74) is 5.72. The lowest BCUT2D eigenvalue weighted by atomic mass is 10.2. The fourth-order valence-corrected chi connectivity index (χ4v) is 5.44. The number of carbonyl (C=O) groups is 1. The average molecular weight is 657 g/mol. The van der Waals surface area contributed by atoms with E-state index in [-0.39, 0.29) is 6.54 Å². The number of benzene rings is 4. The smallest absolute Gasteiger partial charge is 0.271 e. The van der Waals surface area contributed by atoms with Crippen LogP contribution in [0.3, 0.4) is 0 Å². The van der Waals surface area contributed by atoms with Gasteiger partial charge in [-0.25, -0.2) is 13.8 Å². The molecule has 212 valence electrons. The predicted molar refractivity (Wildman–Crippen MR) is 165 cm³/mol. The summed E-state index contributed by atoms with van der Waals surface area (Å²) >= 11 is 9.46. The Kier molecular flexibility index (Phi) is 10.0. The first-order valence-electron chi connectivity index (χ1n) is 12.3. The van der Waals surface area contributed by atoms with Crippen LogP contribution < -0.4 is 19.2 Å². The van der Waals surface area contributed by atoms with Crippen molar-refractivity contribution in [1.82, 2.24) is 5.43 Å². The second-order valence-corrected chi connectivity index (χ2v) is 12.1. The van der Waals surface area contributed by atoms with Gasteiger partial charge < -0.3 is 9.47 Å². The predicted octanol–water partition coefficient (Wildman–Crippen LogP) is 6.42. The maximum atomic E-state index is 12.7. The monoisotopic (exact) mass is 655 g/mol. The zero-order valence-corrected chi connectivity index (χ0v) is 25.4. The maximum Gasteiger partial charge on any atom is 0.271 e. The summed E-state index contributed by atoms with van der Waals surface area (Å²) in [6.45, 7) is 0.502. The number of carbonyl (C=O) groups excluding carboxylic acids is 1. The van der Waals surface area contributed by atoms with Crippen molar-refractivity contribution in [2.45, 2.75) is 13.2 Å². The van der Waals surface area contributed by atoms with E-state index in [0.717, 1.165) is 17.4 Å². The lowest BCUT2D eigenvalue weighted by Gasteiger charge is -2.22. The van der Waals surface area contributed by atoms with Crippen LogP contribution >= 0.6 is 27.5 Å². The first-order valence-corrected chi connectivity index (χ1v) is 15.4. The number of ether oxygens (including phenoxy) is 2. The molecule has 0 heterocycles. The van der Waals surface area contributed by atoms with Crippen LogP contribution in [0.4, 0.5) is 5.69 Å². The molecule has 0 saturated carbocycles. The lowest BCUT2D eigenvalue weighted by molar-refractivity contribution is 0.0955. The van der Waals surface area contributed by atoms with Gasteiger partial charge in [0.25, 0.3) is 5.91 Å². The molecule has 4 rings (SSSR count). The summed E-state index contributed by atoms with van der Waals surface area (Å²) in [7, 11) is -2.01. The molecule has 0 bridgehead atoms. The minimum atomic E-state index is -3.54. The molecule has 0 aromatic heterocycles.